The zero-order valence-corrected chi connectivity index (χ0v) is 29.4. The fraction of sp³-hybridized carbons (Fsp3) is 0.771. The lowest BCUT2D eigenvalue weighted by molar-refractivity contribution is -0.314. The number of aliphatic hydroxyl groups is 3. The number of ether oxygens (including phenoxy) is 9. The van der Waals surface area contributed by atoms with E-state index in [9.17, 15) is 34.5 Å². The second kappa shape index (κ2) is 10.5. The molecule has 0 radical (unpaired) electrons. The van der Waals surface area contributed by atoms with E-state index in [0.717, 1.165) is 14.2 Å². The summed E-state index contributed by atoms with van der Waals surface area (Å²) < 4.78 is 54.0. The van der Waals surface area contributed by atoms with Crippen LogP contribution in [0.1, 0.15) is 47.5 Å². The van der Waals surface area contributed by atoms with E-state index in [4.69, 9.17) is 42.6 Å². The summed E-state index contributed by atoms with van der Waals surface area (Å²) in [5.41, 5.74) is -9.47. The summed E-state index contributed by atoms with van der Waals surface area (Å²) in [7, 11) is 2.23. The first-order chi connectivity index (χ1) is 23.9. The lowest BCUT2D eigenvalue weighted by atomic mass is 9.37. The zero-order valence-electron chi connectivity index (χ0n) is 29.4. The summed E-state index contributed by atoms with van der Waals surface area (Å²) in [5.74, 6) is -9.76. The molecule has 0 aromatic carbocycles. The first-order valence-electron chi connectivity index (χ1n) is 17.2. The van der Waals surface area contributed by atoms with Crippen molar-refractivity contribution in [3.63, 3.8) is 0 Å². The van der Waals surface area contributed by atoms with E-state index in [-0.39, 0.29) is 18.4 Å². The van der Waals surface area contributed by atoms with Crippen LogP contribution in [0.2, 0.25) is 0 Å². The monoisotopic (exact) mass is 720 g/mol. The van der Waals surface area contributed by atoms with Crippen LogP contribution in [-0.4, -0.2) is 126 Å². The molecule has 51 heavy (non-hydrogen) atoms. The van der Waals surface area contributed by atoms with Gasteiger partial charge in [-0.1, -0.05) is 13.0 Å². The van der Waals surface area contributed by atoms with Crippen LogP contribution in [0.25, 0.3) is 0 Å². The Hall–Kier alpha value is -3.12. The van der Waals surface area contributed by atoms with E-state index in [1.54, 1.807) is 33.8 Å². The number of carbonyl (C=O) groups excluding carboxylic acids is 4. The van der Waals surface area contributed by atoms with Crippen molar-refractivity contribution in [3.8, 4) is 0 Å². The van der Waals surface area contributed by atoms with Gasteiger partial charge in [-0.2, -0.15) is 0 Å². The SMILES string of the molecule is C/C=C(\C)C(=O)OC1CC(OC(C)=O)[C@@]2(C(=O)OC)COC3C2[C@@]12CO[C@](O)(C(=O)OC)C2[C@](C)(C12O[C@@]1(C)C1CC2OC2OC=C[C@]21O)C3O. The van der Waals surface area contributed by atoms with E-state index in [2.05, 4.69) is 0 Å². The average molecular weight is 721 g/mol. The van der Waals surface area contributed by atoms with Gasteiger partial charge in [0, 0.05) is 47.5 Å². The number of rotatable bonds is 6. The fourth-order valence-electron chi connectivity index (χ4n) is 12.2. The maximum absolute atomic E-state index is 14.2. The van der Waals surface area contributed by atoms with Gasteiger partial charge in [0.2, 0.25) is 6.29 Å². The molecule has 2 bridgehead atoms. The highest BCUT2D eigenvalue weighted by Gasteiger charge is 2.97. The van der Waals surface area contributed by atoms with Gasteiger partial charge < -0.3 is 58.0 Å². The number of fused-ring (bicyclic) bond motifs is 7. The van der Waals surface area contributed by atoms with Crippen molar-refractivity contribution in [1.82, 2.24) is 0 Å². The third kappa shape index (κ3) is 3.65. The normalized spacial score (nSPS) is 53.9. The Bertz CT molecular complexity index is 1660. The third-order valence-electron chi connectivity index (χ3n) is 14.1. The second-order valence-corrected chi connectivity index (χ2v) is 15.8. The molecule has 4 saturated heterocycles. The molecule has 3 saturated carbocycles. The van der Waals surface area contributed by atoms with Crippen molar-refractivity contribution in [2.75, 3.05) is 27.4 Å². The number of methoxy groups -OCH3 is 2. The number of esters is 4. The largest absolute Gasteiger partial charge is 0.469 e. The maximum Gasteiger partial charge on any atom is 0.366 e. The van der Waals surface area contributed by atoms with Crippen LogP contribution in [0, 0.1) is 34.0 Å². The molecule has 5 aliphatic heterocycles. The Morgan fingerprint density at radius 3 is 2.31 bits per heavy atom. The van der Waals surface area contributed by atoms with Gasteiger partial charge >= 0.3 is 23.9 Å². The summed E-state index contributed by atoms with van der Waals surface area (Å²) in [4.78, 5) is 54.4. The third-order valence-corrected chi connectivity index (χ3v) is 14.1. The molecule has 16 heteroatoms. The minimum Gasteiger partial charge on any atom is -0.469 e. The predicted molar refractivity (Wildman–Crippen MR) is 164 cm³/mol. The van der Waals surface area contributed by atoms with Gasteiger partial charge in [-0.3, -0.25) is 9.59 Å². The number of hydrogen-bond acceptors (Lipinski definition) is 16. The van der Waals surface area contributed by atoms with Crippen molar-refractivity contribution >= 4 is 23.9 Å². The lowest BCUT2D eigenvalue weighted by Gasteiger charge is -2.65. The minimum absolute atomic E-state index is 0.235. The standard InChI is InChI=1S/C35H44O16/c1-8-15(2)24(38)49-18-12-19(48-16(3)36)32(26(39)43-6)13-46-21-22(32)31(18)14-47-34(42,27(40)44-7)25(31)29(4,23(21)37)35-20-11-17(30(35,5)51-35)33(41)9-10-45-28(33)50-20/h8-10,17-23,25,28,37,41-42H,11-14H2,1-7H3/b15-8+/t17?,18?,19?,20?,21?,22?,23?,25?,28?,29-,30+,31-,32+,33-,34+,35?/m1/s1. The highest BCUT2D eigenvalue weighted by atomic mass is 16.7. The lowest BCUT2D eigenvalue weighted by Crippen LogP contribution is -2.79. The molecule has 8 rings (SSSR count). The molecule has 5 heterocycles. The molecule has 3 aliphatic carbocycles. The molecule has 0 aromatic heterocycles. The van der Waals surface area contributed by atoms with Gasteiger partial charge in [0.25, 0.3) is 5.79 Å². The van der Waals surface area contributed by atoms with E-state index < -0.39 is 130 Å². The van der Waals surface area contributed by atoms with Crippen LogP contribution >= 0.6 is 0 Å². The van der Waals surface area contributed by atoms with E-state index in [1.165, 1.54) is 19.3 Å². The molecule has 16 nitrogen and oxygen atoms in total. The van der Waals surface area contributed by atoms with Crippen LogP contribution < -0.4 is 0 Å². The van der Waals surface area contributed by atoms with Crippen molar-refractivity contribution in [2.24, 2.45) is 34.0 Å². The summed E-state index contributed by atoms with van der Waals surface area (Å²) in [5, 5.41) is 37.4. The summed E-state index contributed by atoms with van der Waals surface area (Å²) >= 11 is 0. The molecular formula is C35H44O16. The summed E-state index contributed by atoms with van der Waals surface area (Å²) in [6.45, 7) is 6.88. The van der Waals surface area contributed by atoms with Gasteiger partial charge in [0.1, 0.15) is 28.8 Å². The first kappa shape index (κ1) is 34.9. The molecule has 7 fully saturated rings. The van der Waals surface area contributed by atoms with Gasteiger partial charge in [0.15, 0.2) is 5.60 Å². The van der Waals surface area contributed by atoms with Crippen LogP contribution in [0.15, 0.2) is 24.0 Å². The number of carbonyl (C=O) groups is 4. The summed E-state index contributed by atoms with van der Waals surface area (Å²) in [6, 6.07) is 0. The molecule has 16 atom stereocenters. The molecule has 3 N–H and O–H groups in total. The zero-order chi connectivity index (χ0) is 36.9. The Morgan fingerprint density at radius 2 is 1.67 bits per heavy atom. The van der Waals surface area contributed by atoms with Crippen molar-refractivity contribution in [2.45, 2.75) is 107 Å². The Labute approximate surface area is 293 Å². The van der Waals surface area contributed by atoms with Gasteiger partial charge in [-0.05, 0) is 33.3 Å². The molecule has 1 spiro atoms. The molecule has 10 unspecified atom stereocenters. The smallest absolute Gasteiger partial charge is 0.366 e. The van der Waals surface area contributed by atoms with Crippen molar-refractivity contribution in [1.29, 1.82) is 0 Å². The van der Waals surface area contributed by atoms with Crippen LogP contribution in [-0.2, 0) is 61.8 Å². The summed E-state index contributed by atoms with van der Waals surface area (Å²) in [6.07, 6.45) is -3.11. The quantitative estimate of drug-likeness (QED) is 0.140. The predicted octanol–water partition coefficient (Wildman–Crippen LogP) is -0.203. The fourth-order valence-corrected chi connectivity index (χ4v) is 12.2. The highest BCUT2D eigenvalue weighted by molar-refractivity contribution is 5.88. The maximum atomic E-state index is 14.2. The van der Waals surface area contributed by atoms with Crippen LogP contribution in [0.3, 0.4) is 0 Å². The van der Waals surface area contributed by atoms with Gasteiger partial charge in [-0.25, -0.2) is 9.59 Å². The molecule has 0 aromatic rings. The number of allylic oxidation sites excluding steroid dienone is 1. The first-order valence-corrected chi connectivity index (χ1v) is 17.2. The minimum atomic E-state index is -2.82. The Morgan fingerprint density at radius 1 is 0.961 bits per heavy atom. The second-order valence-electron chi connectivity index (χ2n) is 15.8. The molecule has 280 valence electrons. The highest BCUT2D eigenvalue weighted by Crippen LogP contribution is 2.83. The van der Waals surface area contributed by atoms with E-state index in [1.807, 2.05) is 0 Å². The number of aliphatic hydroxyl groups excluding tert-OH is 1. The molecule has 0 amide bonds. The Balaban J connectivity index is 1.40. The average Bonchev–Trinajstić information content (AvgIpc) is 3.47. The number of hydrogen-bond donors (Lipinski definition) is 3. The van der Waals surface area contributed by atoms with Crippen molar-refractivity contribution in [3.05, 3.63) is 24.0 Å². The molecule has 8 aliphatic rings. The molecular weight excluding hydrogens is 676 g/mol. The number of epoxide rings is 1. The Kier molecular flexibility index (Phi) is 7.20. The van der Waals surface area contributed by atoms with Crippen LogP contribution in [0.4, 0.5) is 0 Å². The topological polar surface area (TPSA) is 215 Å². The van der Waals surface area contributed by atoms with Crippen LogP contribution in [0.5, 0.6) is 0 Å². The van der Waals surface area contributed by atoms with Crippen molar-refractivity contribution < 1.29 is 77.1 Å². The van der Waals surface area contributed by atoms with E-state index >= 15 is 0 Å². The van der Waals surface area contributed by atoms with E-state index in [0.29, 0.717) is 0 Å². The van der Waals surface area contributed by atoms with Gasteiger partial charge in [-0.15, -0.1) is 0 Å². The van der Waals surface area contributed by atoms with Gasteiger partial charge in [0.05, 0.1) is 52.0 Å².